The first-order valence-electron chi connectivity index (χ1n) is 5.65. The lowest BCUT2D eigenvalue weighted by Gasteiger charge is -2.30. The zero-order valence-electron chi connectivity index (χ0n) is 10.3. The summed E-state index contributed by atoms with van der Waals surface area (Å²) >= 11 is 0. The zero-order chi connectivity index (χ0) is 11.5. The summed E-state index contributed by atoms with van der Waals surface area (Å²) in [5.41, 5.74) is 7.31. The number of halogens is 2. The number of hydrogen-bond acceptors (Lipinski definition) is 3. The van der Waals surface area contributed by atoms with Crippen LogP contribution in [-0.2, 0) is 0 Å². The summed E-state index contributed by atoms with van der Waals surface area (Å²) in [5, 5.41) is 0. The van der Waals surface area contributed by atoms with Crippen LogP contribution in [0.15, 0.2) is 18.3 Å². The molecular weight excluding hydrogens is 273 g/mol. The first kappa shape index (κ1) is 17.2. The third kappa shape index (κ3) is 3.83. The van der Waals surface area contributed by atoms with Crippen molar-refractivity contribution in [3.8, 4) is 0 Å². The third-order valence-corrected chi connectivity index (χ3v) is 3.04. The summed E-state index contributed by atoms with van der Waals surface area (Å²) < 4.78 is 0. The molecule has 0 aromatic carbocycles. The number of aryl methyl sites for hydroxylation is 1. The van der Waals surface area contributed by atoms with E-state index in [9.17, 15) is 4.79 Å². The molecule has 0 unspecified atom stereocenters. The Morgan fingerprint density at radius 2 is 2.00 bits per heavy atom. The highest BCUT2D eigenvalue weighted by Gasteiger charge is 2.23. The minimum atomic E-state index is 0. The molecule has 0 saturated carbocycles. The van der Waals surface area contributed by atoms with E-state index in [2.05, 4.69) is 4.98 Å². The highest BCUT2D eigenvalue weighted by molar-refractivity contribution is 5.93. The van der Waals surface area contributed by atoms with Crippen LogP contribution in [0.25, 0.3) is 0 Å². The number of likely N-dealkylation sites (tertiary alicyclic amines) is 1. The predicted molar refractivity (Wildman–Crippen MR) is 76.6 cm³/mol. The van der Waals surface area contributed by atoms with Gasteiger partial charge < -0.3 is 10.6 Å². The maximum Gasteiger partial charge on any atom is 0.272 e. The van der Waals surface area contributed by atoms with Gasteiger partial charge in [0.1, 0.15) is 5.69 Å². The standard InChI is InChI=1S/C12H17N3O.2ClH/c1-9-3-2-6-14-11(9)12(16)15-7-4-10(13)5-8-15;;/h2-3,6,10H,4-5,7-8,13H2,1H3;2*1H. The Labute approximate surface area is 120 Å². The molecule has 4 nitrogen and oxygen atoms in total. The molecule has 102 valence electrons. The largest absolute Gasteiger partial charge is 0.337 e. The van der Waals surface area contributed by atoms with Crippen LogP contribution in [0.2, 0.25) is 0 Å². The van der Waals surface area contributed by atoms with E-state index in [1.54, 1.807) is 6.20 Å². The Morgan fingerprint density at radius 3 is 2.56 bits per heavy atom. The van der Waals surface area contributed by atoms with Crippen LogP contribution in [0, 0.1) is 6.92 Å². The summed E-state index contributed by atoms with van der Waals surface area (Å²) in [4.78, 5) is 18.1. The lowest BCUT2D eigenvalue weighted by Crippen LogP contribution is -2.43. The van der Waals surface area contributed by atoms with E-state index in [1.165, 1.54) is 0 Å². The number of pyridine rings is 1. The average molecular weight is 292 g/mol. The fourth-order valence-corrected chi connectivity index (χ4v) is 1.96. The molecule has 2 N–H and O–H groups in total. The fraction of sp³-hybridized carbons (Fsp3) is 0.500. The van der Waals surface area contributed by atoms with Crippen molar-refractivity contribution in [3.63, 3.8) is 0 Å². The summed E-state index contributed by atoms with van der Waals surface area (Å²) in [5.74, 6) is 0.0324. The van der Waals surface area contributed by atoms with E-state index in [4.69, 9.17) is 5.73 Å². The number of nitrogens with zero attached hydrogens (tertiary/aromatic N) is 2. The molecule has 0 spiro atoms. The van der Waals surface area contributed by atoms with Crippen LogP contribution >= 0.6 is 24.8 Å². The van der Waals surface area contributed by atoms with Gasteiger partial charge in [0, 0.05) is 25.3 Å². The highest BCUT2D eigenvalue weighted by Crippen LogP contribution is 2.13. The van der Waals surface area contributed by atoms with Gasteiger partial charge in [-0.1, -0.05) is 6.07 Å². The molecule has 1 aromatic heterocycles. The molecule has 1 amide bonds. The number of piperidine rings is 1. The second kappa shape index (κ2) is 7.56. The van der Waals surface area contributed by atoms with Gasteiger partial charge in [0.25, 0.3) is 5.91 Å². The molecule has 0 atom stereocenters. The number of aromatic nitrogens is 1. The van der Waals surface area contributed by atoms with Gasteiger partial charge in [0.2, 0.25) is 0 Å². The van der Waals surface area contributed by atoms with E-state index in [1.807, 2.05) is 24.0 Å². The first-order chi connectivity index (χ1) is 7.68. The van der Waals surface area contributed by atoms with Crippen molar-refractivity contribution in [2.45, 2.75) is 25.8 Å². The van der Waals surface area contributed by atoms with Gasteiger partial charge in [-0.15, -0.1) is 24.8 Å². The molecule has 0 radical (unpaired) electrons. The van der Waals surface area contributed by atoms with Crippen LogP contribution in [0.5, 0.6) is 0 Å². The summed E-state index contributed by atoms with van der Waals surface area (Å²) in [6.07, 6.45) is 3.44. The minimum absolute atomic E-state index is 0. The van der Waals surface area contributed by atoms with Crippen molar-refractivity contribution >= 4 is 30.7 Å². The van der Waals surface area contributed by atoms with Crippen molar-refractivity contribution in [2.24, 2.45) is 5.73 Å². The van der Waals surface area contributed by atoms with Crippen LogP contribution in [0.4, 0.5) is 0 Å². The number of carbonyl (C=O) groups excluding carboxylic acids is 1. The summed E-state index contributed by atoms with van der Waals surface area (Å²) in [6.45, 7) is 3.40. The van der Waals surface area contributed by atoms with Crippen LogP contribution in [0.3, 0.4) is 0 Å². The van der Waals surface area contributed by atoms with E-state index in [0.717, 1.165) is 31.5 Å². The maximum absolute atomic E-state index is 12.1. The number of rotatable bonds is 1. The Kier molecular flexibility index (Phi) is 7.21. The molecule has 6 heteroatoms. The normalized spacial score (nSPS) is 15.6. The van der Waals surface area contributed by atoms with Crippen LogP contribution < -0.4 is 5.73 Å². The number of hydrogen-bond donors (Lipinski definition) is 1. The van der Waals surface area contributed by atoms with Crippen molar-refractivity contribution < 1.29 is 4.79 Å². The van der Waals surface area contributed by atoms with Gasteiger partial charge in [0.15, 0.2) is 0 Å². The average Bonchev–Trinajstić information content (AvgIpc) is 2.30. The number of amides is 1. The van der Waals surface area contributed by atoms with E-state index in [-0.39, 0.29) is 36.8 Å². The second-order valence-electron chi connectivity index (χ2n) is 4.30. The van der Waals surface area contributed by atoms with Crippen molar-refractivity contribution in [1.82, 2.24) is 9.88 Å². The summed E-state index contributed by atoms with van der Waals surface area (Å²) in [6, 6.07) is 4.00. The predicted octanol–water partition coefficient (Wildman–Crippen LogP) is 1.80. The number of nitrogens with two attached hydrogens (primary N) is 1. The molecule has 1 saturated heterocycles. The zero-order valence-corrected chi connectivity index (χ0v) is 12.0. The van der Waals surface area contributed by atoms with E-state index < -0.39 is 0 Å². The molecule has 1 aliphatic heterocycles. The Bertz CT molecular complexity index is 393. The smallest absolute Gasteiger partial charge is 0.272 e. The van der Waals surface area contributed by atoms with Crippen molar-refractivity contribution in [2.75, 3.05) is 13.1 Å². The van der Waals surface area contributed by atoms with Crippen molar-refractivity contribution in [1.29, 1.82) is 0 Å². The lowest BCUT2D eigenvalue weighted by atomic mass is 10.1. The van der Waals surface area contributed by atoms with Crippen molar-refractivity contribution in [3.05, 3.63) is 29.6 Å². The van der Waals surface area contributed by atoms with E-state index in [0.29, 0.717) is 5.69 Å². The topological polar surface area (TPSA) is 59.2 Å². The quantitative estimate of drug-likeness (QED) is 0.858. The van der Waals surface area contributed by atoms with Gasteiger partial charge >= 0.3 is 0 Å². The molecule has 2 rings (SSSR count). The van der Waals surface area contributed by atoms with Crippen LogP contribution in [0.1, 0.15) is 28.9 Å². The van der Waals surface area contributed by atoms with Gasteiger partial charge in [0.05, 0.1) is 0 Å². The third-order valence-electron chi connectivity index (χ3n) is 3.04. The summed E-state index contributed by atoms with van der Waals surface area (Å²) in [7, 11) is 0. The first-order valence-corrected chi connectivity index (χ1v) is 5.65. The molecule has 1 aromatic rings. The Hall–Kier alpha value is -0.840. The van der Waals surface area contributed by atoms with E-state index >= 15 is 0 Å². The minimum Gasteiger partial charge on any atom is -0.337 e. The van der Waals surface area contributed by atoms with Gasteiger partial charge in [-0.05, 0) is 31.4 Å². The molecule has 0 bridgehead atoms. The Morgan fingerprint density at radius 1 is 1.39 bits per heavy atom. The maximum atomic E-state index is 12.1. The molecule has 0 aliphatic carbocycles. The Balaban J connectivity index is 0.00000144. The molecular formula is C12H19Cl2N3O. The molecule has 1 fully saturated rings. The highest BCUT2D eigenvalue weighted by atomic mass is 35.5. The lowest BCUT2D eigenvalue weighted by molar-refractivity contribution is 0.0708. The van der Waals surface area contributed by atoms with Gasteiger partial charge in [-0.2, -0.15) is 0 Å². The molecule has 18 heavy (non-hydrogen) atoms. The van der Waals surface area contributed by atoms with Crippen LogP contribution in [-0.4, -0.2) is 34.9 Å². The monoisotopic (exact) mass is 291 g/mol. The number of carbonyl (C=O) groups is 1. The second-order valence-corrected chi connectivity index (χ2v) is 4.30. The SMILES string of the molecule is Cc1cccnc1C(=O)N1CCC(N)CC1.Cl.Cl. The van der Waals surface area contributed by atoms with Gasteiger partial charge in [-0.3, -0.25) is 9.78 Å². The molecule has 1 aliphatic rings. The molecule has 2 heterocycles. The van der Waals surface area contributed by atoms with Gasteiger partial charge in [-0.25, -0.2) is 0 Å². The fourth-order valence-electron chi connectivity index (χ4n) is 1.96.